The third kappa shape index (κ3) is 3.89. The molecule has 0 fully saturated rings. The molecule has 0 radical (unpaired) electrons. The standard InChI is InChI=1S/C14H20Br2/c1-3-11(4-2)9-12(10-15)13-7-5-6-8-14(13)16/h5-8,11-12H,3-4,9-10H2,1-2H3. The van der Waals surface area contributed by atoms with E-state index < -0.39 is 0 Å². The lowest BCUT2D eigenvalue weighted by atomic mass is 9.87. The molecule has 0 aromatic heterocycles. The molecule has 1 unspecified atom stereocenters. The maximum absolute atomic E-state index is 3.65. The van der Waals surface area contributed by atoms with Gasteiger partial charge in [0.05, 0.1) is 0 Å². The van der Waals surface area contributed by atoms with Crippen LogP contribution < -0.4 is 0 Å². The second-order valence-corrected chi connectivity index (χ2v) is 5.79. The van der Waals surface area contributed by atoms with Gasteiger partial charge in [0.2, 0.25) is 0 Å². The molecule has 1 aromatic rings. The molecule has 2 heteroatoms. The largest absolute Gasteiger partial charge is 0.0921 e. The van der Waals surface area contributed by atoms with E-state index in [2.05, 4.69) is 70.0 Å². The zero-order valence-electron chi connectivity index (χ0n) is 10.0. The van der Waals surface area contributed by atoms with Gasteiger partial charge in [0.1, 0.15) is 0 Å². The molecule has 0 saturated heterocycles. The number of halogens is 2. The average molecular weight is 348 g/mol. The van der Waals surface area contributed by atoms with Crippen molar-refractivity contribution in [3.05, 3.63) is 34.3 Å². The van der Waals surface area contributed by atoms with Crippen LogP contribution in [0.15, 0.2) is 28.7 Å². The molecular formula is C14H20Br2. The van der Waals surface area contributed by atoms with E-state index >= 15 is 0 Å². The van der Waals surface area contributed by atoms with Gasteiger partial charge in [0, 0.05) is 9.80 Å². The van der Waals surface area contributed by atoms with E-state index in [1.807, 2.05) is 0 Å². The SMILES string of the molecule is CCC(CC)CC(CBr)c1ccccc1Br. The zero-order valence-corrected chi connectivity index (χ0v) is 13.2. The number of hydrogen-bond donors (Lipinski definition) is 0. The molecule has 0 saturated carbocycles. The molecule has 0 bridgehead atoms. The predicted molar refractivity (Wildman–Crippen MR) is 79.4 cm³/mol. The van der Waals surface area contributed by atoms with E-state index in [0.717, 1.165) is 11.2 Å². The maximum atomic E-state index is 3.65. The Bertz CT molecular complexity index is 305. The zero-order chi connectivity index (χ0) is 12.0. The molecule has 0 N–H and O–H groups in total. The summed E-state index contributed by atoms with van der Waals surface area (Å²) in [5, 5.41) is 1.05. The smallest absolute Gasteiger partial charge is 0.0210 e. The lowest BCUT2D eigenvalue weighted by Crippen LogP contribution is -2.08. The molecule has 16 heavy (non-hydrogen) atoms. The van der Waals surface area contributed by atoms with E-state index in [-0.39, 0.29) is 0 Å². The van der Waals surface area contributed by atoms with E-state index in [0.29, 0.717) is 5.92 Å². The first kappa shape index (κ1) is 14.2. The first-order chi connectivity index (χ1) is 7.72. The molecule has 0 aliphatic heterocycles. The Morgan fingerprint density at radius 3 is 2.25 bits per heavy atom. The van der Waals surface area contributed by atoms with Crippen molar-refractivity contribution in [2.24, 2.45) is 5.92 Å². The highest BCUT2D eigenvalue weighted by atomic mass is 79.9. The summed E-state index contributed by atoms with van der Waals surface area (Å²) in [4.78, 5) is 0. The minimum absolute atomic E-state index is 0.625. The van der Waals surface area contributed by atoms with Crippen LogP contribution in [0.1, 0.15) is 44.6 Å². The molecule has 1 atom stereocenters. The van der Waals surface area contributed by atoms with Gasteiger partial charge in [-0.3, -0.25) is 0 Å². The molecule has 1 aromatic carbocycles. The number of alkyl halides is 1. The fraction of sp³-hybridized carbons (Fsp3) is 0.571. The van der Waals surface area contributed by atoms with Crippen molar-refractivity contribution in [3.63, 3.8) is 0 Å². The van der Waals surface area contributed by atoms with Crippen LogP contribution in [0.25, 0.3) is 0 Å². The number of hydrogen-bond acceptors (Lipinski definition) is 0. The van der Waals surface area contributed by atoms with Crippen LogP contribution in [-0.2, 0) is 0 Å². The van der Waals surface area contributed by atoms with Crippen LogP contribution in [-0.4, -0.2) is 5.33 Å². The van der Waals surface area contributed by atoms with Crippen molar-refractivity contribution >= 4 is 31.9 Å². The van der Waals surface area contributed by atoms with Crippen molar-refractivity contribution < 1.29 is 0 Å². The normalized spacial score (nSPS) is 13.1. The quantitative estimate of drug-likeness (QED) is 0.574. The topological polar surface area (TPSA) is 0 Å². The highest BCUT2D eigenvalue weighted by Gasteiger charge is 2.16. The lowest BCUT2D eigenvalue weighted by molar-refractivity contribution is 0.425. The van der Waals surface area contributed by atoms with E-state index in [4.69, 9.17) is 0 Å². The van der Waals surface area contributed by atoms with Crippen LogP contribution in [0.5, 0.6) is 0 Å². The molecule has 1 rings (SSSR count). The van der Waals surface area contributed by atoms with Crippen LogP contribution in [0, 0.1) is 5.92 Å². The number of benzene rings is 1. The van der Waals surface area contributed by atoms with E-state index in [9.17, 15) is 0 Å². The lowest BCUT2D eigenvalue weighted by Gasteiger charge is -2.21. The monoisotopic (exact) mass is 346 g/mol. The Kier molecular flexibility index (Phi) is 6.67. The molecule has 0 aliphatic carbocycles. The summed E-state index contributed by atoms with van der Waals surface area (Å²) < 4.78 is 1.24. The van der Waals surface area contributed by atoms with Crippen LogP contribution in [0.3, 0.4) is 0 Å². The van der Waals surface area contributed by atoms with Gasteiger partial charge < -0.3 is 0 Å². The summed E-state index contributed by atoms with van der Waals surface area (Å²) in [6, 6.07) is 8.58. The molecule has 0 nitrogen and oxygen atoms in total. The van der Waals surface area contributed by atoms with Gasteiger partial charge in [-0.25, -0.2) is 0 Å². The third-order valence-electron chi connectivity index (χ3n) is 3.30. The Hall–Kier alpha value is 0.180. The summed E-state index contributed by atoms with van der Waals surface area (Å²) in [6.07, 6.45) is 3.84. The Balaban J connectivity index is 2.78. The number of rotatable bonds is 6. The summed E-state index contributed by atoms with van der Waals surface area (Å²) in [5.41, 5.74) is 1.44. The fourth-order valence-electron chi connectivity index (χ4n) is 2.10. The predicted octanol–water partition coefficient (Wildman–Crippen LogP) is 5.75. The van der Waals surface area contributed by atoms with Crippen LogP contribution in [0.4, 0.5) is 0 Å². The minimum atomic E-state index is 0.625. The Morgan fingerprint density at radius 2 is 1.75 bits per heavy atom. The van der Waals surface area contributed by atoms with Gasteiger partial charge in [0.15, 0.2) is 0 Å². The van der Waals surface area contributed by atoms with Gasteiger partial charge in [-0.05, 0) is 29.9 Å². The van der Waals surface area contributed by atoms with Crippen molar-refractivity contribution in [1.29, 1.82) is 0 Å². The van der Waals surface area contributed by atoms with E-state index in [1.54, 1.807) is 0 Å². The van der Waals surface area contributed by atoms with Gasteiger partial charge >= 0.3 is 0 Å². The second-order valence-electron chi connectivity index (χ2n) is 4.29. The second kappa shape index (κ2) is 7.50. The van der Waals surface area contributed by atoms with Gasteiger partial charge in [-0.15, -0.1) is 0 Å². The van der Waals surface area contributed by atoms with Crippen molar-refractivity contribution in [3.8, 4) is 0 Å². The Labute approximate surface area is 116 Å². The average Bonchev–Trinajstić information content (AvgIpc) is 2.32. The van der Waals surface area contributed by atoms with Crippen LogP contribution in [0.2, 0.25) is 0 Å². The summed E-state index contributed by atoms with van der Waals surface area (Å²) in [5.74, 6) is 1.47. The Morgan fingerprint density at radius 1 is 1.12 bits per heavy atom. The first-order valence-electron chi connectivity index (χ1n) is 6.03. The molecule has 0 heterocycles. The molecule has 0 spiro atoms. The van der Waals surface area contributed by atoms with Crippen molar-refractivity contribution in [2.75, 3.05) is 5.33 Å². The maximum Gasteiger partial charge on any atom is 0.0210 e. The summed E-state index contributed by atoms with van der Waals surface area (Å²) >= 11 is 7.30. The van der Waals surface area contributed by atoms with Crippen LogP contribution >= 0.6 is 31.9 Å². The summed E-state index contributed by atoms with van der Waals surface area (Å²) in [7, 11) is 0. The summed E-state index contributed by atoms with van der Waals surface area (Å²) in [6.45, 7) is 4.58. The molecule has 90 valence electrons. The van der Waals surface area contributed by atoms with Gasteiger partial charge in [-0.1, -0.05) is 76.7 Å². The molecular weight excluding hydrogens is 328 g/mol. The minimum Gasteiger partial charge on any atom is -0.0921 e. The first-order valence-corrected chi connectivity index (χ1v) is 7.94. The third-order valence-corrected chi connectivity index (χ3v) is 4.81. The van der Waals surface area contributed by atoms with Crippen molar-refractivity contribution in [1.82, 2.24) is 0 Å². The molecule has 0 aliphatic rings. The van der Waals surface area contributed by atoms with E-state index in [1.165, 1.54) is 29.3 Å². The highest BCUT2D eigenvalue weighted by Crippen LogP contribution is 2.32. The highest BCUT2D eigenvalue weighted by molar-refractivity contribution is 9.10. The van der Waals surface area contributed by atoms with Gasteiger partial charge in [-0.2, -0.15) is 0 Å². The fourth-order valence-corrected chi connectivity index (χ4v) is 3.33. The molecule has 0 amide bonds. The van der Waals surface area contributed by atoms with Crippen molar-refractivity contribution in [2.45, 2.75) is 39.0 Å². The van der Waals surface area contributed by atoms with Gasteiger partial charge in [0.25, 0.3) is 0 Å².